The normalized spacial score (nSPS) is 26.3. The SMILES string of the molecule is NC1CC(c2ccccc2)CCN1C=O. The van der Waals surface area contributed by atoms with Gasteiger partial charge in [-0.3, -0.25) is 4.79 Å². The lowest BCUT2D eigenvalue weighted by atomic mass is 9.88. The fraction of sp³-hybridized carbons (Fsp3) is 0.417. The second-order valence-corrected chi connectivity index (χ2v) is 4.04. The van der Waals surface area contributed by atoms with E-state index in [1.54, 1.807) is 4.90 Å². The molecule has 1 aromatic carbocycles. The van der Waals surface area contributed by atoms with Crippen LogP contribution in [0.4, 0.5) is 0 Å². The minimum absolute atomic E-state index is 0.124. The number of carbonyl (C=O) groups excluding carboxylic acids is 1. The van der Waals surface area contributed by atoms with Gasteiger partial charge in [0, 0.05) is 6.54 Å². The molecular formula is C12H16N2O. The highest BCUT2D eigenvalue weighted by Crippen LogP contribution is 2.28. The molecular weight excluding hydrogens is 188 g/mol. The van der Waals surface area contributed by atoms with Gasteiger partial charge in [0.15, 0.2) is 0 Å². The molecule has 1 aliphatic heterocycles. The highest BCUT2D eigenvalue weighted by Gasteiger charge is 2.25. The maximum Gasteiger partial charge on any atom is 0.210 e. The van der Waals surface area contributed by atoms with Crippen LogP contribution in [0.2, 0.25) is 0 Å². The van der Waals surface area contributed by atoms with E-state index in [4.69, 9.17) is 5.73 Å². The van der Waals surface area contributed by atoms with E-state index in [-0.39, 0.29) is 6.17 Å². The largest absolute Gasteiger partial charge is 0.330 e. The molecule has 2 atom stereocenters. The second kappa shape index (κ2) is 4.45. The summed E-state index contributed by atoms with van der Waals surface area (Å²) in [5.41, 5.74) is 7.24. The van der Waals surface area contributed by atoms with Gasteiger partial charge in [0.2, 0.25) is 6.41 Å². The maximum atomic E-state index is 10.7. The standard InChI is InChI=1S/C12H16N2O/c13-12-8-11(6-7-14(12)9-15)10-4-2-1-3-5-10/h1-5,9,11-12H,6-8,13H2. The highest BCUT2D eigenvalue weighted by atomic mass is 16.1. The predicted molar refractivity (Wildman–Crippen MR) is 59.2 cm³/mol. The third-order valence-corrected chi connectivity index (χ3v) is 3.09. The molecule has 0 saturated carbocycles. The minimum Gasteiger partial charge on any atom is -0.330 e. The number of rotatable bonds is 2. The molecule has 1 amide bonds. The van der Waals surface area contributed by atoms with Gasteiger partial charge >= 0.3 is 0 Å². The molecule has 1 fully saturated rings. The van der Waals surface area contributed by atoms with Crippen molar-refractivity contribution in [3.8, 4) is 0 Å². The molecule has 0 radical (unpaired) electrons. The number of carbonyl (C=O) groups is 1. The van der Waals surface area contributed by atoms with Crippen molar-refractivity contribution in [2.75, 3.05) is 6.54 Å². The van der Waals surface area contributed by atoms with Crippen molar-refractivity contribution in [2.24, 2.45) is 5.73 Å². The van der Waals surface area contributed by atoms with Crippen molar-refractivity contribution in [2.45, 2.75) is 24.9 Å². The smallest absolute Gasteiger partial charge is 0.210 e. The lowest BCUT2D eigenvalue weighted by Gasteiger charge is -2.35. The van der Waals surface area contributed by atoms with Crippen LogP contribution in [0, 0.1) is 0 Å². The Morgan fingerprint density at radius 1 is 1.33 bits per heavy atom. The van der Waals surface area contributed by atoms with E-state index >= 15 is 0 Å². The van der Waals surface area contributed by atoms with Crippen LogP contribution < -0.4 is 5.73 Å². The molecule has 3 nitrogen and oxygen atoms in total. The first kappa shape index (κ1) is 10.2. The van der Waals surface area contributed by atoms with Gasteiger partial charge in [0.05, 0.1) is 6.17 Å². The zero-order valence-electron chi connectivity index (χ0n) is 8.67. The first-order valence-electron chi connectivity index (χ1n) is 5.33. The molecule has 3 heteroatoms. The van der Waals surface area contributed by atoms with E-state index in [0.717, 1.165) is 25.8 Å². The first-order chi connectivity index (χ1) is 7.31. The summed E-state index contributed by atoms with van der Waals surface area (Å²) >= 11 is 0. The van der Waals surface area contributed by atoms with E-state index in [0.29, 0.717) is 5.92 Å². The molecule has 1 aliphatic rings. The van der Waals surface area contributed by atoms with Crippen molar-refractivity contribution < 1.29 is 4.79 Å². The fourth-order valence-electron chi connectivity index (χ4n) is 2.17. The zero-order chi connectivity index (χ0) is 10.7. The van der Waals surface area contributed by atoms with Crippen LogP contribution in [0.25, 0.3) is 0 Å². The molecule has 0 aromatic heterocycles. The topological polar surface area (TPSA) is 46.3 Å². The lowest BCUT2D eigenvalue weighted by molar-refractivity contribution is -0.121. The monoisotopic (exact) mass is 204 g/mol. The molecule has 2 unspecified atom stereocenters. The van der Waals surface area contributed by atoms with Gasteiger partial charge < -0.3 is 10.6 Å². The number of piperidine rings is 1. The number of amides is 1. The Hall–Kier alpha value is -1.35. The predicted octanol–water partition coefficient (Wildman–Crippen LogP) is 1.31. The summed E-state index contributed by atoms with van der Waals surface area (Å²) < 4.78 is 0. The molecule has 80 valence electrons. The quantitative estimate of drug-likeness (QED) is 0.738. The van der Waals surface area contributed by atoms with Crippen molar-refractivity contribution >= 4 is 6.41 Å². The van der Waals surface area contributed by atoms with Gasteiger partial charge in [-0.15, -0.1) is 0 Å². The van der Waals surface area contributed by atoms with Crippen LogP contribution in [0.1, 0.15) is 24.3 Å². The summed E-state index contributed by atoms with van der Waals surface area (Å²) in [4.78, 5) is 12.3. The van der Waals surface area contributed by atoms with Crippen LogP contribution in [-0.2, 0) is 4.79 Å². The Morgan fingerprint density at radius 3 is 2.67 bits per heavy atom. The van der Waals surface area contributed by atoms with Crippen LogP contribution >= 0.6 is 0 Å². The fourth-order valence-corrected chi connectivity index (χ4v) is 2.17. The summed E-state index contributed by atoms with van der Waals surface area (Å²) in [6, 6.07) is 10.4. The van der Waals surface area contributed by atoms with E-state index in [1.165, 1.54) is 5.56 Å². The average Bonchev–Trinajstić information content (AvgIpc) is 2.30. The Morgan fingerprint density at radius 2 is 2.07 bits per heavy atom. The molecule has 0 aliphatic carbocycles. The van der Waals surface area contributed by atoms with Gasteiger partial charge in [-0.05, 0) is 24.3 Å². The third-order valence-electron chi connectivity index (χ3n) is 3.09. The third kappa shape index (κ3) is 2.18. The molecule has 1 heterocycles. The van der Waals surface area contributed by atoms with Crippen molar-refractivity contribution in [3.05, 3.63) is 35.9 Å². The van der Waals surface area contributed by atoms with Crippen LogP contribution in [0.5, 0.6) is 0 Å². The molecule has 0 spiro atoms. The Balaban J connectivity index is 2.06. The first-order valence-corrected chi connectivity index (χ1v) is 5.33. The Bertz CT molecular complexity index is 326. The van der Waals surface area contributed by atoms with Gasteiger partial charge in [0.1, 0.15) is 0 Å². The second-order valence-electron chi connectivity index (χ2n) is 4.04. The van der Waals surface area contributed by atoms with Gasteiger partial charge in [-0.25, -0.2) is 0 Å². The highest BCUT2D eigenvalue weighted by molar-refractivity contribution is 5.48. The van der Waals surface area contributed by atoms with Crippen molar-refractivity contribution in [3.63, 3.8) is 0 Å². The van der Waals surface area contributed by atoms with Crippen molar-refractivity contribution in [1.82, 2.24) is 4.90 Å². The van der Waals surface area contributed by atoms with Gasteiger partial charge in [-0.1, -0.05) is 30.3 Å². The number of nitrogens with zero attached hydrogens (tertiary/aromatic N) is 1. The average molecular weight is 204 g/mol. The van der Waals surface area contributed by atoms with E-state index < -0.39 is 0 Å². The number of likely N-dealkylation sites (tertiary alicyclic amines) is 1. The van der Waals surface area contributed by atoms with E-state index in [1.807, 2.05) is 18.2 Å². The molecule has 15 heavy (non-hydrogen) atoms. The number of hydrogen-bond acceptors (Lipinski definition) is 2. The number of benzene rings is 1. The minimum atomic E-state index is -0.124. The zero-order valence-corrected chi connectivity index (χ0v) is 8.67. The molecule has 2 rings (SSSR count). The molecule has 1 aromatic rings. The van der Waals surface area contributed by atoms with Crippen LogP contribution in [-0.4, -0.2) is 24.0 Å². The summed E-state index contributed by atoms with van der Waals surface area (Å²) in [6.45, 7) is 0.768. The Labute approximate surface area is 89.9 Å². The van der Waals surface area contributed by atoms with Gasteiger partial charge in [-0.2, -0.15) is 0 Å². The molecule has 0 bridgehead atoms. The summed E-state index contributed by atoms with van der Waals surface area (Å²) in [5, 5.41) is 0. The summed E-state index contributed by atoms with van der Waals surface area (Å²) in [5.74, 6) is 0.498. The van der Waals surface area contributed by atoms with Crippen LogP contribution in [0.15, 0.2) is 30.3 Å². The summed E-state index contributed by atoms with van der Waals surface area (Å²) in [6.07, 6.45) is 2.60. The lowest BCUT2D eigenvalue weighted by Crippen LogP contribution is -2.46. The van der Waals surface area contributed by atoms with Crippen molar-refractivity contribution in [1.29, 1.82) is 0 Å². The molecule has 2 N–H and O–H groups in total. The number of nitrogens with two attached hydrogens (primary N) is 1. The van der Waals surface area contributed by atoms with Gasteiger partial charge in [0.25, 0.3) is 0 Å². The summed E-state index contributed by atoms with van der Waals surface area (Å²) in [7, 11) is 0. The van der Waals surface area contributed by atoms with E-state index in [9.17, 15) is 4.79 Å². The maximum absolute atomic E-state index is 10.7. The molecule has 1 saturated heterocycles. The Kier molecular flexibility index (Phi) is 3.02. The van der Waals surface area contributed by atoms with E-state index in [2.05, 4.69) is 12.1 Å². The number of hydrogen-bond donors (Lipinski definition) is 1. The van der Waals surface area contributed by atoms with Crippen LogP contribution in [0.3, 0.4) is 0 Å².